The fourth-order valence-electron chi connectivity index (χ4n) is 3.37. The molecular weight excluding hydrogens is 400 g/mol. The van der Waals surface area contributed by atoms with Crippen LogP contribution in [0.4, 0.5) is 5.69 Å². The smallest absolute Gasteiger partial charge is 0.246 e. The van der Waals surface area contributed by atoms with Crippen LogP contribution in [-0.4, -0.2) is 35.9 Å². The molecule has 1 saturated heterocycles. The molecule has 3 rings (SSSR count). The summed E-state index contributed by atoms with van der Waals surface area (Å²) in [6, 6.07) is 15.0. The molecule has 0 bridgehead atoms. The van der Waals surface area contributed by atoms with E-state index in [9.17, 15) is 9.59 Å². The minimum Gasteiger partial charge on any atom is -0.489 e. The van der Waals surface area contributed by atoms with Crippen LogP contribution in [-0.2, 0) is 9.59 Å². The van der Waals surface area contributed by atoms with Gasteiger partial charge in [-0.25, -0.2) is 0 Å². The number of amides is 2. The van der Waals surface area contributed by atoms with E-state index in [1.165, 1.54) is 0 Å². The van der Waals surface area contributed by atoms with Gasteiger partial charge in [0.25, 0.3) is 0 Å². The van der Waals surface area contributed by atoms with Gasteiger partial charge >= 0.3 is 0 Å². The average Bonchev–Trinajstić information content (AvgIpc) is 2.74. The fourth-order valence-corrected chi connectivity index (χ4v) is 3.60. The molecule has 30 heavy (non-hydrogen) atoms. The Morgan fingerprint density at radius 2 is 1.83 bits per heavy atom. The number of rotatable bonds is 6. The zero-order chi connectivity index (χ0) is 21.5. The van der Waals surface area contributed by atoms with Crippen molar-refractivity contribution in [2.45, 2.75) is 32.8 Å². The van der Waals surface area contributed by atoms with Crippen LogP contribution in [0.15, 0.2) is 54.6 Å². The molecule has 0 saturated carbocycles. The monoisotopic (exact) mass is 426 g/mol. The summed E-state index contributed by atoms with van der Waals surface area (Å²) in [5.74, 6) is 0.401. The predicted molar refractivity (Wildman–Crippen MR) is 121 cm³/mol. The van der Waals surface area contributed by atoms with Crippen molar-refractivity contribution in [3.63, 3.8) is 0 Å². The Morgan fingerprint density at radius 1 is 1.13 bits per heavy atom. The van der Waals surface area contributed by atoms with Crippen LogP contribution in [0.2, 0.25) is 5.02 Å². The van der Waals surface area contributed by atoms with Crippen LogP contribution < -0.4 is 10.1 Å². The fraction of sp³-hybridized carbons (Fsp3) is 0.333. The van der Waals surface area contributed by atoms with Gasteiger partial charge in [0.15, 0.2) is 0 Å². The molecule has 0 aliphatic carbocycles. The number of nitrogens with zero attached hydrogens (tertiary/aromatic N) is 1. The van der Waals surface area contributed by atoms with E-state index in [1.807, 2.05) is 50.3 Å². The number of hydrogen-bond donors (Lipinski definition) is 1. The van der Waals surface area contributed by atoms with Gasteiger partial charge in [-0.3, -0.25) is 9.59 Å². The van der Waals surface area contributed by atoms with Crippen LogP contribution in [0.1, 0.15) is 32.3 Å². The summed E-state index contributed by atoms with van der Waals surface area (Å²) in [6.07, 6.45) is 4.71. The number of ether oxygens (including phenoxy) is 1. The third-order valence-corrected chi connectivity index (χ3v) is 5.25. The van der Waals surface area contributed by atoms with Gasteiger partial charge in [0.2, 0.25) is 11.8 Å². The van der Waals surface area contributed by atoms with Gasteiger partial charge in [-0.2, -0.15) is 0 Å². The lowest BCUT2D eigenvalue weighted by molar-refractivity contribution is -0.130. The zero-order valence-electron chi connectivity index (χ0n) is 17.3. The van der Waals surface area contributed by atoms with Crippen LogP contribution in [0.25, 0.3) is 6.08 Å². The second-order valence-corrected chi connectivity index (χ2v) is 8.05. The number of carbonyl (C=O) groups excluding carboxylic acids is 2. The van der Waals surface area contributed by atoms with Crippen molar-refractivity contribution in [2.24, 2.45) is 5.92 Å². The molecule has 1 aliphatic rings. The first-order valence-corrected chi connectivity index (χ1v) is 10.6. The average molecular weight is 427 g/mol. The number of likely N-dealkylation sites (tertiary alicyclic amines) is 1. The second kappa shape index (κ2) is 10.3. The normalized spacial score (nSPS) is 14.9. The summed E-state index contributed by atoms with van der Waals surface area (Å²) in [6.45, 7) is 5.00. The number of piperidine rings is 1. The lowest BCUT2D eigenvalue weighted by Gasteiger charge is -2.30. The van der Waals surface area contributed by atoms with E-state index >= 15 is 0 Å². The van der Waals surface area contributed by atoms with E-state index in [1.54, 1.807) is 29.2 Å². The maximum absolute atomic E-state index is 12.6. The molecule has 1 aliphatic heterocycles. The summed E-state index contributed by atoms with van der Waals surface area (Å²) in [4.78, 5) is 26.8. The van der Waals surface area contributed by atoms with Crippen molar-refractivity contribution in [3.05, 3.63) is 65.2 Å². The lowest BCUT2D eigenvalue weighted by atomic mass is 9.95. The summed E-state index contributed by atoms with van der Waals surface area (Å²) in [7, 11) is 0. The van der Waals surface area contributed by atoms with Crippen LogP contribution in [0, 0.1) is 5.92 Å². The van der Waals surface area contributed by atoms with Crippen molar-refractivity contribution in [2.75, 3.05) is 18.4 Å². The minimum absolute atomic E-state index is 0.0229. The Bertz CT molecular complexity index is 904. The summed E-state index contributed by atoms with van der Waals surface area (Å²) in [5, 5.41) is 3.39. The first-order chi connectivity index (χ1) is 14.4. The summed E-state index contributed by atoms with van der Waals surface area (Å²) < 4.78 is 5.62. The molecule has 1 heterocycles. The van der Waals surface area contributed by atoms with Gasteiger partial charge in [0.05, 0.1) is 11.1 Å². The quantitative estimate of drug-likeness (QED) is 0.660. The molecular formula is C24H27ClN2O3. The van der Waals surface area contributed by atoms with Crippen LogP contribution in [0.5, 0.6) is 5.75 Å². The highest BCUT2D eigenvalue weighted by Crippen LogP contribution is 2.29. The number of anilines is 1. The maximum atomic E-state index is 12.6. The second-order valence-electron chi connectivity index (χ2n) is 7.64. The SMILES string of the molecule is CC(C)Oc1ccc(NC(=O)C2CCN(C(=O)/C=C/c3ccccc3)CC2)cc1Cl. The van der Waals surface area contributed by atoms with Crippen molar-refractivity contribution >= 4 is 35.2 Å². The molecule has 0 spiro atoms. The molecule has 6 heteroatoms. The molecule has 0 radical (unpaired) electrons. The standard InChI is InChI=1S/C24H27ClN2O3/c1-17(2)30-22-10-9-20(16-21(22)25)26-24(29)19-12-14-27(15-13-19)23(28)11-8-18-6-4-3-5-7-18/h3-11,16-17,19H,12-15H2,1-2H3,(H,26,29)/b11-8+. The Balaban J connectivity index is 1.50. The Labute approximate surface area is 182 Å². The molecule has 1 fully saturated rings. The van der Waals surface area contributed by atoms with Gasteiger partial charge in [0, 0.05) is 30.8 Å². The van der Waals surface area contributed by atoms with E-state index in [2.05, 4.69) is 5.32 Å². The molecule has 0 aromatic heterocycles. The maximum Gasteiger partial charge on any atom is 0.246 e. The number of halogens is 1. The summed E-state index contributed by atoms with van der Waals surface area (Å²) in [5.41, 5.74) is 1.63. The molecule has 158 valence electrons. The predicted octanol–water partition coefficient (Wildman–Crippen LogP) is 5.02. The van der Waals surface area contributed by atoms with Crippen LogP contribution >= 0.6 is 11.6 Å². The highest BCUT2D eigenvalue weighted by Gasteiger charge is 2.26. The van der Waals surface area contributed by atoms with E-state index in [-0.39, 0.29) is 23.8 Å². The first-order valence-electron chi connectivity index (χ1n) is 10.2. The van der Waals surface area contributed by atoms with Gasteiger partial charge in [-0.1, -0.05) is 41.9 Å². The Hall–Kier alpha value is -2.79. The summed E-state index contributed by atoms with van der Waals surface area (Å²) >= 11 is 6.24. The van der Waals surface area contributed by atoms with Gasteiger partial charge in [0.1, 0.15) is 5.75 Å². The molecule has 0 unspecified atom stereocenters. The zero-order valence-corrected chi connectivity index (χ0v) is 18.1. The molecule has 2 aromatic carbocycles. The number of hydrogen-bond acceptors (Lipinski definition) is 3. The van der Waals surface area contributed by atoms with Gasteiger partial charge < -0.3 is 15.0 Å². The van der Waals surface area contributed by atoms with E-state index in [0.29, 0.717) is 42.4 Å². The lowest BCUT2D eigenvalue weighted by Crippen LogP contribution is -2.40. The van der Waals surface area contributed by atoms with Crippen LogP contribution in [0.3, 0.4) is 0 Å². The van der Waals surface area contributed by atoms with E-state index in [0.717, 1.165) is 5.56 Å². The topological polar surface area (TPSA) is 58.6 Å². The Morgan fingerprint density at radius 3 is 2.47 bits per heavy atom. The molecule has 1 N–H and O–H groups in total. The molecule has 0 atom stereocenters. The van der Waals surface area contributed by atoms with Crippen molar-refractivity contribution < 1.29 is 14.3 Å². The minimum atomic E-state index is -0.127. The third-order valence-electron chi connectivity index (χ3n) is 4.96. The van der Waals surface area contributed by atoms with E-state index in [4.69, 9.17) is 16.3 Å². The molecule has 5 nitrogen and oxygen atoms in total. The first kappa shape index (κ1) is 21.9. The number of nitrogens with one attached hydrogen (secondary N) is 1. The number of benzene rings is 2. The van der Waals surface area contributed by atoms with E-state index < -0.39 is 0 Å². The van der Waals surface area contributed by atoms with Gasteiger partial charge in [-0.05, 0) is 56.5 Å². The molecule has 2 aromatic rings. The largest absolute Gasteiger partial charge is 0.489 e. The highest BCUT2D eigenvalue weighted by atomic mass is 35.5. The highest BCUT2D eigenvalue weighted by molar-refractivity contribution is 6.32. The number of carbonyl (C=O) groups is 2. The van der Waals surface area contributed by atoms with Crippen molar-refractivity contribution in [3.8, 4) is 5.75 Å². The van der Waals surface area contributed by atoms with Crippen molar-refractivity contribution in [1.82, 2.24) is 4.90 Å². The molecule has 2 amide bonds. The van der Waals surface area contributed by atoms with Crippen molar-refractivity contribution in [1.29, 1.82) is 0 Å². The third kappa shape index (κ3) is 6.10. The van der Waals surface area contributed by atoms with Gasteiger partial charge in [-0.15, -0.1) is 0 Å². The Kier molecular flexibility index (Phi) is 7.52.